The second kappa shape index (κ2) is 7.43. The standard InChI is InChI=1S/C11H20N2O2/c1-2-15-8-5-11(14)13-9-10-3-6-12-7-4-10/h3,12H,2,4-9H2,1H3,(H,13,14). The lowest BCUT2D eigenvalue weighted by Gasteiger charge is -2.14. The molecule has 0 fully saturated rings. The smallest absolute Gasteiger partial charge is 0.222 e. The molecule has 0 bridgehead atoms. The van der Waals surface area contributed by atoms with Gasteiger partial charge in [0.05, 0.1) is 6.61 Å². The molecule has 4 heteroatoms. The molecule has 0 atom stereocenters. The molecule has 1 heterocycles. The van der Waals surface area contributed by atoms with Crippen LogP contribution in [0.5, 0.6) is 0 Å². The first-order valence-corrected chi connectivity index (χ1v) is 5.56. The summed E-state index contributed by atoms with van der Waals surface area (Å²) < 4.78 is 5.11. The molecule has 0 aromatic carbocycles. The molecule has 0 spiro atoms. The highest BCUT2D eigenvalue weighted by atomic mass is 16.5. The minimum absolute atomic E-state index is 0.0721. The molecule has 0 aromatic heterocycles. The molecule has 0 saturated heterocycles. The number of amides is 1. The third kappa shape index (κ3) is 5.54. The normalized spacial score (nSPS) is 15.9. The van der Waals surface area contributed by atoms with Crippen LogP contribution in [0, 0.1) is 0 Å². The van der Waals surface area contributed by atoms with Gasteiger partial charge in [-0.3, -0.25) is 4.79 Å². The van der Waals surface area contributed by atoms with Crippen molar-refractivity contribution in [3.05, 3.63) is 11.6 Å². The first kappa shape index (κ1) is 12.2. The predicted molar refractivity (Wildman–Crippen MR) is 59.7 cm³/mol. The number of carbonyl (C=O) groups is 1. The number of carbonyl (C=O) groups excluding carboxylic acids is 1. The first-order valence-electron chi connectivity index (χ1n) is 5.56. The maximum atomic E-state index is 11.3. The molecule has 2 N–H and O–H groups in total. The van der Waals surface area contributed by atoms with Crippen molar-refractivity contribution in [3.8, 4) is 0 Å². The maximum Gasteiger partial charge on any atom is 0.222 e. The lowest BCUT2D eigenvalue weighted by molar-refractivity contribution is -0.121. The molecular formula is C11H20N2O2. The van der Waals surface area contributed by atoms with Crippen molar-refractivity contribution >= 4 is 5.91 Å². The van der Waals surface area contributed by atoms with Crippen LogP contribution in [0.1, 0.15) is 19.8 Å². The quantitative estimate of drug-likeness (QED) is 0.496. The Bertz CT molecular complexity index is 227. The summed E-state index contributed by atoms with van der Waals surface area (Å²) in [6, 6.07) is 0. The Balaban J connectivity index is 2.07. The number of rotatable bonds is 6. The van der Waals surface area contributed by atoms with Gasteiger partial charge < -0.3 is 15.4 Å². The predicted octanol–water partition coefficient (Wildman–Crippen LogP) is 0.449. The Morgan fingerprint density at radius 3 is 3.20 bits per heavy atom. The van der Waals surface area contributed by atoms with Crippen LogP contribution >= 0.6 is 0 Å². The third-order valence-electron chi connectivity index (χ3n) is 2.35. The number of nitrogens with one attached hydrogen (secondary N) is 2. The van der Waals surface area contributed by atoms with Gasteiger partial charge >= 0.3 is 0 Å². The van der Waals surface area contributed by atoms with E-state index in [1.807, 2.05) is 6.92 Å². The van der Waals surface area contributed by atoms with Crippen molar-refractivity contribution in [1.82, 2.24) is 10.6 Å². The molecule has 1 amide bonds. The van der Waals surface area contributed by atoms with Gasteiger partial charge in [-0.1, -0.05) is 11.6 Å². The van der Waals surface area contributed by atoms with Crippen LogP contribution in [-0.4, -0.2) is 38.8 Å². The largest absolute Gasteiger partial charge is 0.381 e. The lowest BCUT2D eigenvalue weighted by Crippen LogP contribution is -2.30. The lowest BCUT2D eigenvalue weighted by atomic mass is 10.1. The fourth-order valence-electron chi connectivity index (χ4n) is 1.44. The van der Waals surface area contributed by atoms with Gasteiger partial charge in [0.1, 0.15) is 0 Å². The average molecular weight is 212 g/mol. The Morgan fingerprint density at radius 1 is 1.67 bits per heavy atom. The summed E-state index contributed by atoms with van der Waals surface area (Å²) in [5.41, 5.74) is 1.32. The number of hydrogen-bond donors (Lipinski definition) is 2. The third-order valence-corrected chi connectivity index (χ3v) is 2.35. The monoisotopic (exact) mass is 212 g/mol. The fraction of sp³-hybridized carbons (Fsp3) is 0.727. The zero-order chi connectivity index (χ0) is 10.9. The van der Waals surface area contributed by atoms with Gasteiger partial charge in [0.15, 0.2) is 0 Å². The molecule has 4 nitrogen and oxygen atoms in total. The van der Waals surface area contributed by atoms with E-state index in [1.54, 1.807) is 0 Å². The van der Waals surface area contributed by atoms with E-state index in [4.69, 9.17) is 4.74 Å². The summed E-state index contributed by atoms with van der Waals surface area (Å²) in [5.74, 6) is 0.0721. The van der Waals surface area contributed by atoms with E-state index in [0.29, 0.717) is 26.2 Å². The summed E-state index contributed by atoms with van der Waals surface area (Å²) in [6.45, 7) is 5.74. The highest BCUT2D eigenvalue weighted by Crippen LogP contribution is 2.02. The van der Waals surface area contributed by atoms with E-state index < -0.39 is 0 Å². The molecule has 86 valence electrons. The highest BCUT2D eigenvalue weighted by Gasteiger charge is 2.05. The Morgan fingerprint density at radius 2 is 2.53 bits per heavy atom. The van der Waals surface area contributed by atoms with E-state index in [9.17, 15) is 4.79 Å². The maximum absolute atomic E-state index is 11.3. The molecule has 1 aliphatic rings. The summed E-state index contributed by atoms with van der Waals surface area (Å²) in [4.78, 5) is 11.3. The van der Waals surface area contributed by atoms with E-state index in [0.717, 1.165) is 19.5 Å². The van der Waals surface area contributed by atoms with E-state index in [1.165, 1.54) is 5.57 Å². The Hall–Kier alpha value is -0.870. The van der Waals surface area contributed by atoms with Gasteiger partial charge in [0.25, 0.3) is 0 Å². The zero-order valence-corrected chi connectivity index (χ0v) is 9.34. The summed E-state index contributed by atoms with van der Waals surface area (Å²) in [7, 11) is 0. The van der Waals surface area contributed by atoms with Gasteiger partial charge in [0.2, 0.25) is 5.91 Å². The van der Waals surface area contributed by atoms with Crippen molar-refractivity contribution in [1.29, 1.82) is 0 Å². The van der Waals surface area contributed by atoms with Gasteiger partial charge in [0, 0.05) is 26.1 Å². The van der Waals surface area contributed by atoms with E-state index in [2.05, 4.69) is 16.7 Å². The molecule has 0 radical (unpaired) electrons. The van der Waals surface area contributed by atoms with Crippen LogP contribution in [-0.2, 0) is 9.53 Å². The SMILES string of the molecule is CCOCCC(=O)NCC1=CCNCC1. The first-order chi connectivity index (χ1) is 7.33. The summed E-state index contributed by atoms with van der Waals surface area (Å²) in [6.07, 6.45) is 3.64. The summed E-state index contributed by atoms with van der Waals surface area (Å²) in [5, 5.41) is 6.13. The Kier molecular flexibility index (Phi) is 6.04. The average Bonchev–Trinajstić information content (AvgIpc) is 2.28. The van der Waals surface area contributed by atoms with Crippen LogP contribution in [0.25, 0.3) is 0 Å². The second-order valence-corrected chi connectivity index (χ2v) is 3.54. The van der Waals surface area contributed by atoms with Crippen molar-refractivity contribution in [2.45, 2.75) is 19.8 Å². The molecule has 0 unspecified atom stereocenters. The van der Waals surface area contributed by atoms with Crippen LogP contribution in [0.4, 0.5) is 0 Å². The van der Waals surface area contributed by atoms with Gasteiger partial charge in [-0.2, -0.15) is 0 Å². The fourth-order valence-corrected chi connectivity index (χ4v) is 1.44. The molecular weight excluding hydrogens is 192 g/mol. The highest BCUT2D eigenvalue weighted by molar-refractivity contribution is 5.76. The molecule has 0 aliphatic carbocycles. The molecule has 1 aliphatic heterocycles. The second-order valence-electron chi connectivity index (χ2n) is 3.54. The van der Waals surface area contributed by atoms with Gasteiger partial charge in [-0.25, -0.2) is 0 Å². The van der Waals surface area contributed by atoms with E-state index in [-0.39, 0.29) is 5.91 Å². The minimum atomic E-state index is 0.0721. The Labute approximate surface area is 91.1 Å². The van der Waals surface area contributed by atoms with Crippen LogP contribution in [0.3, 0.4) is 0 Å². The number of ether oxygens (including phenoxy) is 1. The van der Waals surface area contributed by atoms with Gasteiger partial charge in [-0.15, -0.1) is 0 Å². The molecule has 15 heavy (non-hydrogen) atoms. The molecule has 0 aromatic rings. The van der Waals surface area contributed by atoms with Crippen LogP contribution in [0.2, 0.25) is 0 Å². The van der Waals surface area contributed by atoms with Crippen molar-refractivity contribution < 1.29 is 9.53 Å². The van der Waals surface area contributed by atoms with Crippen molar-refractivity contribution in [2.24, 2.45) is 0 Å². The van der Waals surface area contributed by atoms with Crippen LogP contribution < -0.4 is 10.6 Å². The molecule has 0 saturated carbocycles. The van der Waals surface area contributed by atoms with Crippen molar-refractivity contribution in [3.63, 3.8) is 0 Å². The minimum Gasteiger partial charge on any atom is -0.381 e. The van der Waals surface area contributed by atoms with Crippen LogP contribution in [0.15, 0.2) is 11.6 Å². The van der Waals surface area contributed by atoms with Gasteiger partial charge in [-0.05, 0) is 19.9 Å². The summed E-state index contributed by atoms with van der Waals surface area (Å²) >= 11 is 0. The van der Waals surface area contributed by atoms with E-state index >= 15 is 0 Å². The number of hydrogen-bond acceptors (Lipinski definition) is 3. The van der Waals surface area contributed by atoms with Crippen molar-refractivity contribution in [2.75, 3.05) is 32.8 Å². The topological polar surface area (TPSA) is 50.4 Å². The molecule has 1 rings (SSSR count). The zero-order valence-electron chi connectivity index (χ0n) is 9.34.